The van der Waals surface area contributed by atoms with Crippen LogP contribution in [0.1, 0.15) is 40.2 Å². The summed E-state index contributed by atoms with van der Waals surface area (Å²) >= 11 is 0. The monoisotopic (exact) mass is 475 g/mol. The van der Waals surface area contributed by atoms with Crippen molar-refractivity contribution in [1.29, 1.82) is 0 Å². The van der Waals surface area contributed by atoms with Gasteiger partial charge in [0.05, 0.1) is 24.4 Å². The van der Waals surface area contributed by atoms with E-state index in [4.69, 9.17) is 14.8 Å². The number of benzene rings is 1. The number of aromatic nitrogens is 5. The number of hydrogen-bond donors (Lipinski definition) is 2. The summed E-state index contributed by atoms with van der Waals surface area (Å²) in [7, 11) is 0. The lowest BCUT2D eigenvalue weighted by molar-refractivity contribution is 0.0946. The number of furan rings is 1. The third kappa shape index (κ3) is 5.27. The van der Waals surface area contributed by atoms with E-state index in [1.54, 1.807) is 6.07 Å². The summed E-state index contributed by atoms with van der Waals surface area (Å²) in [5.41, 5.74) is 11.1. The molecule has 12 nitrogen and oxygen atoms in total. The van der Waals surface area contributed by atoms with Crippen molar-refractivity contribution in [3.8, 4) is 5.82 Å². The number of rotatable bonds is 8. The van der Waals surface area contributed by atoms with Crippen molar-refractivity contribution in [2.75, 3.05) is 18.8 Å². The zero-order chi connectivity index (χ0) is 24.0. The van der Waals surface area contributed by atoms with Crippen molar-refractivity contribution in [1.82, 2.24) is 35.6 Å². The van der Waals surface area contributed by atoms with Crippen molar-refractivity contribution in [2.24, 2.45) is 11.0 Å². The van der Waals surface area contributed by atoms with Gasteiger partial charge in [-0.05, 0) is 60.2 Å². The van der Waals surface area contributed by atoms with Crippen LogP contribution in [0.3, 0.4) is 0 Å². The van der Waals surface area contributed by atoms with Crippen LogP contribution >= 0.6 is 0 Å². The van der Waals surface area contributed by atoms with Gasteiger partial charge in [-0.15, -0.1) is 5.10 Å². The van der Waals surface area contributed by atoms with Gasteiger partial charge in [0.1, 0.15) is 0 Å². The highest BCUT2D eigenvalue weighted by Gasteiger charge is 2.27. The minimum absolute atomic E-state index is 0.0580. The molecule has 0 bridgehead atoms. The number of nitrogens with zero attached hydrogens (tertiary/aromatic N) is 7. The fourth-order valence-electron chi connectivity index (χ4n) is 4.20. The van der Waals surface area contributed by atoms with Crippen LogP contribution in [-0.2, 0) is 13.0 Å². The van der Waals surface area contributed by atoms with Crippen LogP contribution in [0.15, 0.2) is 63.1 Å². The first-order valence-corrected chi connectivity index (χ1v) is 11.3. The topological polar surface area (TPSA) is 153 Å². The van der Waals surface area contributed by atoms with Gasteiger partial charge in [0.2, 0.25) is 11.6 Å². The fraction of sp³-hybridized carbons (Fsp3) is 0.304. The highest BCUT2D eigenvalue weighted by Crippen LogP contribution is 2.24. The Morgan fingerprint density at radius 1 is 1.20 bits per heavy atom. The average molecular weight is 476 g/mol. The number of likely N-dealkylation sites (tertiary alicyclic amines) is 1. The van der Waals surface area contributed by atoms with Crippen LogP contribution in [0.2, 0.25) is 0 Å². The molecule has 1 fully saturated rings. The van der Waals surface area contributed by atoms with Crippen molar-refractivity contribution >= 4 is 17.9 Å². The predicted molar refractivity (Wildman–Crippen MR) is 126 cm³/mol. The minimum Gasteiger partial charge on any atom is -0.472 e. The third-order valence-corrected chi connectivity index (χ3v) is 6.05. The Bertz CT molecular complexity index is 1270. The quantitative estimate of drug-likeness (QED) is 0.288. The number of carbonyl (C=O) groups is 1. The van der Waals surface area contributed by atoms with E-state index in [-0.39, 0.29) is 17.3 Å². The molecular weight excluding hydrogens is 450 g/mol. The molecule has 35 heavy (non-hydrogen) atoms. The highest BCUT2D eigenvalue weighted by molar-refractivity contribution is 5.94. The number of carbonyl (C=O) groups excluding carboxylic acids is 1. The second kappa shape index (κ2) is 10.3. The molecule has 1 aliphatic rings. The molecule has 4 heterocycles. The lowest BCUT2D eigenvalue weighted by atomic mass is 9.90. The van der Waals surface area contributed by atoms with E-state index in [9.17, 15) is 4.79 Å². The number of hydrogen-bond acceptors (Lipinski definition) is 10. The van der Waals surface area contributed by atoms with Crippen molar-refractivity contribution < 1.29 is 13.8 Å². The molecule has 180 valence electrons. The molecule has 4 aromatic rings. The van der Waals surface area contributed by atoms with E-state index >= 15 is 0 Å². The minimum atomic E-state index is -0.500. The Morgan fingerprint density at radius 2 is 2.03 bits per heavy atom. The van der Waals surface area contributed by atoms with Crippen LogP contribution in [0.5, 0.6) is 0 Å². The Morgan fingerprint density at radius 3 is 2.74 bits per heavy atom. The Labute approximate surface area is 200 Å². The summed E-state index contributed by atoms with van der Waals surface area (Å²) in [5.74, 6) is 0.363. The molecule has 12 heteroatoms. The van der Waals surface area contributed by atoms with Gasteiger partial charge in [0.25, 0.3) is 5.91 Å². The molecule has 1 amide bonds. The number of nitrogens with one attached hydrogen (secondary N) is 1. The second-order valence-corrected chi connectivity index (χ2v) is 8.43. The summed E-state index contributed by atoms with van der Waals surface area (Å²) in [6, 6.07) is 12.3. The molecule has 1 saturated heterocycles. The van der Waals surface area contributed by atoms with Gasteiger partial charge in [-0.2, -0.15) is 9.78 Å². The summed E-state index contributed by atoms with van der Waals surface area (Å²) < 4.78 is 11.1. The highest BCUT2D eigenvalue weighted by atomic mass is 16.6. The fourth-order valence-corrected chi connectivity index (χ4v) is 4.20. The van der Waals surface area contributed by atoms with Crippen LogP contribution in [0.25, 0.3) is 5.82 Å². The maximum absolute atomic E-state index is 12.9. The first-order chi connectivity index (χ1) is 17.2. The summed E-state index contributed by atoms with van der Waals surface area (Å²) in [5, 5.41) is 19.6. The number of nitrogen functional groups attached to an aromatic ring is 1. The van der Waals surface area contributed by atoms with E-state index in [0.29, 0.717) is 23.7 Å². The molecule has 0 unspecified atom stereocenters. The maximum atomic E-state index is 12.9. The van der Waals surface area contributed by atoms with E-state index in [0.717, 1.165) is 32.4 Å². The van der Waals surface area contributed by atoms with Gasteiger partial charge in [-0.25, -0.2) is 10.1 Å². The molecule has 0 aliphatic carbocycles. The molecule has 5 rings (SSSR count). The smallest absolute Gasteiger partial charge is 0.293 e. The number of hydrazone groups is 1. The lowest BCUT2D eigenvalue weighted by Gasteiger charge is -2.32. The normalized spacial score (nSPS) is 15.1. The Kier molecular flexibility index (Phi) is 6.61. The molecule has 1 aliphatic heterocycles. The molecule has 0 atom stereocenters. The molecule has 3 aromatic heterocycles. The number of nitrogens with two attached hydrogens (primary N) is 1. The molecule has 0 spiro atoms. The SMILES string of the molecule is Nc1nonc1-n1nnc(C(=O)N/N=C\c2ccoc2)c1CN1CCC(Cc2ccccc2)CC1. The summed E-state index contributed by atoms with van der Waals surface area (Å²) in [6.45, 7) is 2.20. The maximum Gasteiger partial charge on any atom is 0.293 e. The van der Waals surface area contributed by atoms with E-state index in [1.165, 1.54) is 29.0 Å². The van der Waals surface area contributed by atoms with E-state index < -0.39 is 5.91 Å². The number of piperidine rings is 1. The predicted octanol–water partition coefficient (Wildman–Crippen LogP) is 2.04. The Hall–Kier alpha value is -4.32. The van der Waals surface area contributed by atoms with Crippen LogP contribution in [0.4, 0.5) is 5.82 Å². The van der Waals surface area contributed by atoms with Crippen molar-refractivity contribution in [3.63, 3.8) is 0 Å². The van der Waals surface area contributed by atoms with Crippen molar-refractivity contribution in [2.45, 2.75) is 25.8 Å². The average Bonchev–Trinajstić information content (AvgIpc) is 3.63. The second-order valence-electron chi connectivity index (χ2n) is 8.43. The van der Waals surface area contributed by atoms with E-state index in [2.05, 4.69) is 60.3 Å². The van der Waals surface area contributed by atoms with Gasteiger partial charge in [-0.1, -0.05) is 35.5 Å². The Balaban J connectivity index is 1.30. The zero-order valence-corrected chi connectivity index (χ0v) is 18.9. The first kappa shape index (κ1) is 22.5. The standard InChI is InChI=1S/C23H25N9O3/c24-21-22(29-35-28-21)32-19(20(26-30-32)23(33)27-25-13-18-8-11-34-15-18)14-31-9-6-17(7-10-31)12-16-4-2-1-3-5-16/h1-5,8,11,13,15,17H,6-7,9-10,12,14H2,(H2,24,28)(H,27,33)/b25-13-. The zero-order valence-electron chi connectivity index (χ0n) is 18.9. The molecular formula is C23H25N9O3. The lowest BCUT2D eigenvalue weighted by Crippen LogP contribution is -2.35. The van der Waals surface area contributed by atoms with Gasteiger partial charge < -0.3 is 10.2 Å². The first-order valence-electron chi connectivity index (χ1n) is 11.3. The van der Waals surface area contributed by atoms with E-state index in [1.807, 2.05) is 6.07 Å². The molecule has 3 N–H and O–H groups in total. The van der Waals surface area contributed by atoms with Gasteiger partial charge in [0.15, 0.2) is 5.69 Å². The molecule has 0 radical (unpaired) electrons. The van der Waals surface area contributed by atoms with Crippen LogP contribution < -0.4 is 11.2 Å². The van der Waals surface area contributed by atoms with Gasteiger partial charge in [0, 0.05) is 12.1 Å². The number of amides is 1. The van der Waals surface area contributed by atoms with Gasteiger partial charge >= 0.3 is 0 Å². The third-order valence-electron chi connectivity index (χ3n) is 6.05. The van der Waals surface area contributed by atoms with Crippen LogP contribution in [-0.4, -0.2) is 55.4 Å². The van der Waals surface area contributed by atoms with Crippen molar-refractivity contribution in [3.05, 3.63) is 71.4 Å². The number of anilines is 1. The van der Waals surface area contributed by atoms with Crippen LogP contribution in [0, 0.1) is 5.92 Å². The molecule has 0 saturated carbocycles. The van der Waals surface area contributed by atoms with Gasteiger partial charge in [-0.3, -0.25) is 9.69 Å². The molecule has 1 aromatic carbocycles. The summed E-state index contributed by atoms with van der Waals surface area (Å²) in [6.07, 6.45) is 7.69. The summed E-state index contributed by atoms with van der Waals surface area (Å²) in [4.78, 5) is 15.2. The largest absolute Gasteiger partial charge is 0.472 e.